The van der Waals surface area contributed by atoms with Crippen molar-refractivity contribution < 1.29 is 29.0 Å². The number of aliphatic hydroxyl groups is 1. The van der Waals surface area contributed by atoms with Crippen LogP contribution < -0.4 is 4.90 Å². The number of amides is 1. The van der Waals surface area contributed by atoms with Crippen LogP contribution in [0.15, 0.2) is 88.5 Å². The van der Waals surface area contributed by atoms with Crippen molar-refractivity contribution in [3.8, 4) is 0 Å². The number of rotatable bonds is 7. The van der Waals surface area contributed by atoms with Gasteiger partial charge in [-0.1, -0.05) is 35.9 Å². The second-order valence-electron chi connectivity index (χ2n) is 9.21. The minimum Gasteiger partial charge on any atom is -0.503 e. The molecular formula is C29H23ClN2O6. The molecule has 0 fully saturated rings. The van der Waals surface area contributed by atoms with E-state index in [1.807, 2.05) is 31.1 Å². The monoisotopic (exact) mass is 530 g/mol. The zero-order valence-electron chi connectivity index (χ0n) is 20.5. The number of anilines is 1. The zero-order valence-corrected chi connectivity index (χ0v) is 21.3. The zero-order chi connectivity index (χ0) is 27.1. The van der Waals surface area contributed by atoms with Crippen molar-refractivity contribution in [3.05, 3.63) is 112 Å². The van der Waals surface area contributed by atoms with Crippen molar-refractivity contribution >= 4 is 45.9 Å². The summed E-state index contributed by atoms with van der Waals surface area (Å²) in [5.41, 5.74) is 2.64. The Bertz CT molecular complexity index is 1600. The highest BCUT2D eigenvalue weighted by molar-refractivity contribution is 6.31. The van der Waals surface area contributed by atoms with E-state index >= 15 is 0 Å². The van der Waals surface area contributed by atoms with Gasteiger partial charge < -0.3 is 24.4 Å². The van der Waals surface area contributed by atoms with Gasteiger partial charge in [0.1, 0.15) is 5.58 Å². The molecule has 1 aliphatic rings. The number of carbonyl (C=O) groups excluding carboxylic acids is 2. The second kappa shape index (κ2) is 9.72. The van der Waals surface area contributed by atoms with Crippen molar-refractivity contribution in [1.29, 1.82) is 0 Å². The van der Waals surface area contributed by atoms with Crippen LogP contribution in [0.3, 0.4) is 0 Å². The maximum atomic E-state index is 13.7. The van der Waals surface area contributed by atoms with E-state index in [1.54, 1.807) is 42.5 Å². The molecule has 0 saturated carbocycles. The Morgan fingerprint density at radius 3 is 2.32 bits per heavy atom. The number of carboxylic acids is 1. The largest absolute Gasteiger partial charge is 0.503 e. The lowest BCUT2D eigenvalue weighted by Crippen LogP contribution is -2.30. The molecule has 8 nitrogen and oxygen atoms in total. The standard InChI is InChI=1S/C29H23ClN2O6/c1-31(2)21-10-7-17(8-11-21)25-24(26(33)23-14-19-13-20(30)9-12-22(19)38-23)27(34)28(35)32(25)15-16-3-5-18(6-4-16)29(36)37/h3-14,25,34H,15H2,1-2H3,(H,36,37). The third kappa shape index (κ3) is 4.50. The first kappa shape index (κ1) is 25.1. The van der Waals surface area contributed by atoms with Crippen molar-refractivity contribution in [2.75, 3.05) is 19.0 Å². The van der Waals surface area contributed by atoms with E-state index < -0.39 is 29.5 Å². The van der Waals surface area contributed by atoms with Gasteiger partial charge in [0, 0.05) is 36.7 Å². The number of halogens is 1. The number of aliphatic hydroxyl groups excluding tert-OH is 1. The summed E-state index contributed by atoms with van der Waals surface area (Å²) in [5, 5.41) is 21.3. The number of aromatic carboxylic acids is 1. The Kier molecular flexibility index (Phi) is 6.42. The van der Waals surface area contributed by atoms with Gasteiger partial charge in [-0.05, 0) is 59.7 Å². The predicted molar refractivity (Wildman–Crippen MR) is 143 cm³/mol. The smallest absolute Gasteiger partial charge is 0.335 e. The van der Waals surface area contributed by atoms with Crippen LogP contribution in [0, 0.1) is 0 Å². The number of benzene rings is 3. The normalized spacial score (nSPS) is 15.4. The third-order valence-corrected chi connectivity index (χ3v) is 6.76. The fourth-order valence-corrected chi connectivity index (χ4v) is 4.74. The Morgan fingerprint density at radius 2 is 1.68 bits per heavy atom. The van der Waals surface area contributed by atoms with E-state index in [9.17, 15) is 24.6 Å². The first-order chi connectivity index (χ1) is 18.1. The summed E-state index contributed by atoms with van der Waals surface area (Å²) in [7, 11) is 3.80. The van der Waals surface area contributed by atoms with Gasteiger partial charge in [0.2, 0.25) is 5.78 Å². The van der Waals surface area contributed by atoms with Gasteiger partial charge in [0.15, 0.2) is 11.5 Å². The molecule has 1 atom stereocenters. The van der Waals surface area contributed by atoms with Crippen LogP contribution in [0.4, 0.5) is 5.69 Å². The summed E-state index contributed by atoms with van der Waals surface area (Å²) in [5.74, 6) is -3.08. The fraction of sp³-hybridized carbons (Fsp3) is 0.138. The van der Waals surface area contributed by atoms with Gasteiger partial charge in [-0.3, -0.25) is 9.59 Å². The summed E-state index contributed by atoms with van der Waals surface area (Å²) in [6.07, 6.45) is 0. The Hall–Kier alpha value is -4.56. The van der Waals surface area contributed by atoms with Gasteiger partial charge in [0.05, 0.1) is 17.2 Å². The van der Waals surface area contributed by atoms with Crippen LogP contribution in [0.2, 0.25) is 5.02 Å². The molecule has 0 aliphatic carbocycles. The van der Waals surface area contributed by atoms with Gasteiger partial charge in [-0.2, -0.15) is 0 Å². The van der Waals surface area contributed by atoms with E-state index in [2.05, 4.69) is 0 Å². The molecule has 0 bridgehead atoms. The molecule has 2 N–H and O–H groups in total. The Labute approximate surface area is 223 Å². The van der Waals surface area contributed by atoms with Crippen LogP contribution in [-0.4, -0.2) is 46.9 Å². The van der Waals surface area contributed by atoms with Crippen molar-refractivity contribution in [1.82, 2.24) is 4.90 Å². The van der Waals surface area contributed by atoms with E-state index in [-0.39, 0.29) is 23.4 Å². The molecule has 192 valence electrons. The number of nitrogens with zero attached hydrogens (tertiary/aromatic N) is 2. The lowest BCUT2D eigenvalue weighted by Gasteiger charge is -2.27. The van der Waals surface area contributed by atoms with Gasteiger partial charge in [-0.25, -0.2) is 4.79 Å². The average Bonchev–Trinajstić information content (AvgIpc) is 3.43. The molecular weight excluding hydrogens is 508 g/mol. The minimum atomic E-state index is -1.06. The highest BCUT2D eigenvalue weighted by Gasteiger charge is 2.44. The highest BCUT2D eigenvalue weighted by atomic mass is 35.5. The number of hydrogen-bond acceptors (Lipinski definition) is 6. The van der Waals surface area contributed by atoms with Crippen LogP contribution >= 0.6 is 11.6 Å². The quantitative estimate of drug-likeness (QED) is 0.298. The van der Waals surface area contributed by atoms with E-state index in [0.29, 0.717) is 27.1 Å². The number of ketones is 1. The molecule has 1 aromatic heterocycles. The number of carbonyl (C=O) groups is 3. The third-order valence-electron chi connectivity index (χ3n) is 6.53. The Balaban J connectivity index is 1.57. The lowest BCUT2D eigenvalue weighted by molar-refractivity contribution is -0.130. The van der Waals surface area contributed by atoms with Crippen LogP contribution in [0.25, 0.3) is 11.0 Å². The van der Waals surface area contributed by atoms with Gasteiger partial charge in [-0.15, -0.1) is 0 Å². The van der Waals surface area contributed by atoms with Crippen LogP contribution in [0.5, 0.6) is 0 Å². The minimum absolute atomic E-state index is 0.0285. The Morgan fingerprint density at radius 1 is 1.00 bits per heavy atom. The molecule has 3 aromatic carbocycles. The van der Waals surface area contributed by atoms with Gasteiger partial charge >= 0.3 is 5.97 Å². The number of Topliss-reactive ketones (excluding diaryl/α,β-unsaturated/α-hetero) is 1. The molecule has 0 radical (unpaired) electrons. The highest BCUT2D eigenvalue weighted by Crippen LogP contribution is 2.41. The molecule has 5 rings (SSSR count). The molecule has 2 heterocycles. The summed E-state index contributed by atoms with van der Waals surface area (Å²) in [6, 6.07) is 19.0. The maximum Gasteiger partial charge on any atom is 0.335 e. The molecule has 1 amide bonds. The van der Waals surface area contributed by atoms with E-state index in [4.69, 9.17) is 16.0 Å². The molecule has 0 saturated heterocycles. The first-order valence-electron chi connectivity index (χ1n) is 11.7. The van der Waals surface area contributed by atoms with Crippen LogP contribution in [0.1, 0.15) is 38.1 Å². The predicted octanol–water partition coefficient (Wildman–Crippen LogP) is 5.63. The molecule has 1 aliphatic heterocycles. The van der Waals surface area contributed by atoms with Crippen molar-refractivity contribution in [2.45, 2.75) is 12.6 Å². The summed E-state index contributed by atoms with van der Waals surface area (Å²) in [6.45, 7) is 0.0371. The molecule has 9 heteroatoms. The molecule has 4 aromatic rings. The van der Waals surface area contributed by atoms with E-state index in [1.165, 1.54) is 23.1 Å². The molecule has 38 heavy (non-hydrogen) atoms. The summed E-state index contributed by atoms with van der Waals surface area (Å²) < 4.78 is 5.76. The summed E-state index contributed by atoms with van der Waals surface area (Å²) in [4.78, 5) is 41.6. The van der Waals surface area contributed by atoms with Gasteiger partial charge in [0.25, 0.3) is 5.91 Å². The topological polar surface area (TPSA) is 111 Å². The maximum absolute atomic E-state index is 13.7. The first-order valence-corrected chi connectivity index (χ1v) is 12.1. The number of fused-ring (bicyclic) bond motifs is 1. The number of hydrogen-bond donors (Lipinski definition) is 2. The van der Waals surface area contributed by atoms with Crippen LogP contribution in [-0.2, 0) is 11.3 Å². The van der Waals surface area contributed by atoms with Crippen molar-refractivity contribution in [2.24, 2.45) is 0 Å². The number of carboxylic acid groups (broad SMARTS) is 1. The molecule has 1 unspecified atom stereocenters. The number of furan rings is 1. The molecule has 0 spiro atoms. The fourth-order valence-electron chi connectivity index (χ4n) is 4.56. The van der Waals surface area contributed by atoms with E-state index in [0.717, 1.165) is 5.69 Å². The van der Waals surface area contributed by atoms with Crippen molar-refractivity contribution in [3.63, 3.8) is 0 Å². The second-order valence-corrected chi connectivity index (χ2v) is 9.64. The average molecular weight is 531 g/mol. The SMILES string of the molecule is CN(C)c1ccc(C2C(C(=O)c3cc4cc(Cl)ccc4o3)=C(O)C(=O)N2Cc2ccc(C(=O)O)cc2)cc1. The summed E-state index contributed by atoms with van der Waals surface area (Å²) >= 11 is 6.08. The lowest BCUT2D eigenvalue weighted by atomic mass is 9.94.